The molecule has 2 rings (SSSR count). The van der Waals surface area contributed by atoms with Crippen molar-refractivity contribution in [2.75, 3.05) is 6.54 Å². The summed E-state index contributed by atoms with van der Waals surface area (Å²) in [6.07, 6.45) is 5.22. The molecule has 1 N–H and O–H groups in total. The smallest absolute Gasteiger partial charge is 0.339 e. The summed E-state index contributed by atoms with van der Waals surface area (Å²) in [7, 11) is 1.60. The number of aromatic nitrogens is 2. The van der Waals surface area contributed by atoms with Crippen LogP contribution >= 0.6 is 0 Å². The maximum atomic E-state index is 12.6. The Morgan fingerprint density at radius 1 is 1.47 bits per heavy atom. The van der Waals surface area contributed by atoms with E-state index in [1.54, 1.807) is 11.9 Å². The highest BCUT2D eigenvalue weighted by molar-refractivity contribution is 6.03. The van der Waals surface area contributed by atoms with E-state index in [0.29, 0.717) is 6.54 Å². The topological polar surface area (TPSA) is 75.4 Å². The van der Waals surface area contributed by atoms with E-state index in [-0.39, 0.29) is 23.2 Å². The third kappa shape index (κ3) is 2.47. The molecule has 0 radical (unpaired) electrons. The maximum Gasteiger partial charge on any atom is 0.339 e. The summed E-state index contributed by atoms with van der Waals surface area (Å²) in [6.45, 7) is 2.75. The fraction of sp³-hybridized carbons (Fsp3) is 0.615. The standard InChI is InChI=1S/C13H19N3O3/c1-3-9-6-4-5-7-16(9)12(17)11-10(13(18)19)8-14-15(11)2/h8-9H,3-7H2,1-2H3,(H,18,19)/t9-/m1/s1. The van der Waals surface area contributed by atoms with E-state index in [0.717, 1.165) is 25.7 Å². The van der Waals surface area contributed by atoms with Crippen molar-refractivity contribution in [3.05, 3.63) is 17.5 Å². The van der Waals surface area contributed by atoms with Crippen LogP contribution in [0.15, 0.2) is 6.20 Å². The van der Waals surface area contributed by atoms with Crippen LogP contribution in [0.25, 0.3) is 0 Å². The molecule has 1 amide bonds. The normalized spacial score (nSPS) is 19.5. The number of carboxylic acid groups (broad SMARTS) is 1. The van der Waals surface area contributed by atoms with Crippen molar-refractivity contribution >= 4 is 11.9 Å². The van der Waals surface area contributed by atoms with Crippen LogP contribution in [0, 0.1) is 0 Å². The van der Waals surface area contributed by atoms with Gasteiger partial charge in [-0.05, 0) is 25.7 Å². The van der Waals surface area contributed by atoms with Crippen molar-refractivity contribution in [3.63, 3.8) is 0 Å². The molecule has 0 aliphatic carbocycles. The molecule has 1 atom stereocenters. The minimum Gasteiger partial charge on any atom is -0.478 e. The zero-order valence-electron chi connectivity index (χ0n) is 11.3. The molecule has 19 heavy (non-hydrogen) atoms. The highest BCUT2D eigenvalue weighted by Gasteiger charge is 2.31. The van der Waals surface area contributed by atoms with Crippen molar-refractivity contribution in [1.82, 2.24) is 14.7 Å². The van der Waals surface area contributed by atoms with E-state index in [2.05, 4.69) is 12.0 Å². The number of piperidine rings is 1. The van der Waals surface area contributed by atoms with Crippen LogP contribution in [0.2, 0.25) is 0 Å². The van der Waals surface area contributed by atoms with Crippen molar-refractivity contribution < 1.29 is 14.7 Å². The van der Waals surface area contributed by atoms with E-state index in [4.69, 9.17) is 5.11 Å². The molecule has 1 fully saturated rings. The van der Waals surface area contributed by atoms with Gasteiger partial charge in [-0.25, -0.2) is 4.79 Å². The van der Waals surface area contributed by atoms with Crippen LogP contribution in [0.1, 0.15) is 53.5 Å². The molecule has 1 aromatic heterocycles. The monoisotopic (exact) mass is 265 g/mol. The number of carboxylic acids is 1. The number of aromatic carboxylic acids is 1. The summed E-state index contributed by atoms with van der Waals surface area (Å²) < 4.78 is 1.35. The van der Waals surface area contributed by atoms with Gasteiger partial charge in [-0.15, -0.1) is 0 Å². The van der Waals surface area contributed by atoms with Crippen LogP contribution in [-0.2, 0) is 7.05 Å². The summed E-state index contributed by atoms with van der Waals surface area (Å²) in [5.74, 6) is -1.33. The predicted molar refractivity (Wildman–Crippen MR) is 69.1 cm³/mol. The number of hydrogen-bond acceptors (Lipinski definition) is 3. The molecule has 0 bridgehead atoms. The Morgan fingerprint density at radius 2 is 2.21 bits per heavy atom. The first-order chi connectivity index (χ1) is 9.06. The molecule has 104 valence electrons. The number of aryl methyl sites for hydroxylation is 1. The number of amides is 1. The second-order valence-electron chi connectivity index (χ2n) is 4.89. The highest BCUT2D eigenvalue weighted by atomic mass is 16.4. The third-order valence-corrected chi connectivity index (χ3v) is 3.73. The number of nitrogens with zero attached hydrogens (tertiary/aromatic N) is 3. The molecule has 1 aromatic rings. The van der Waals surface area contributed by atoms with E-state index in [9.17, 15) is 9.59 Å². The number of carbonyl (C=O) groups excluding carboxylic acids is 1. The molecule has 0 spiro atoms. The predicted octanol–water partition coefficient (Wildman–Crippen LogP) is 1.52. The summed E-state index contributed by atoms with van der Waals surface area (Å²) in [5, 5.41) is 13.0. The minimum absolute atomic E-state index is 0.0204. The van der Waals surface area contributed by atoms with Crippen LogP contribution in [-0.4, -0.2) is 44.3 Å². The summed E-state index contributed by atoms with van der Waals surface area (Å²) >= 11 is 0. The van der Waals surface area contributed by atoms with Gasteiger partial charge in [0.1, 0.15) is 11.3 Å². The third-order valence-electron chi connectivity index (χ3n) is 3.73. The largest absolute Gasteiger partial charge is 0.478 e. The van der Waals surface area contributed by atoms with Crippen LogP contribution in [0.4, 0.5) is 0 Å². The van der Waals surface area contributed by atoms with Crippen LogP contribution in [0.3, 0.4) is 0 Å². The molecule has 6 heteroatoms. The zero-order valence-corrected chi connectivity index (χ0v) is 11.3. The Labute approximate surface area is 112 Å². The van der Waals surface area contributed by atoms with Crippen molar-refractivity contribution in [1.29, 1.82) is 0 Å². The van der Waals surface area contributed by atoms with Crippen LogP contribution < -0.4 is 0 Å². The summed E-state index contributed by atoms with van der Waals surface area (Å²) in [6, 6.07) is 0.206. The molecular weight excluding hydrogens is 246 g/mol. The first kappa shape index (κ1) is 13.6. The number of carbonyl (C=O) groups is 2. The fourth-order valence-electron chi connectivity index (χ4n) is 2.68. The van der Waals surface area contributed by atoms with Crippen molar-refractivity contribution in [3.8, 4) is 0 Å². The molecule has 1 saturated heterocycles. The first-order valence-corrected chi connectivity index (χ1v) is 6.62. The van der Waals surface area contributed by atoms with Gasteiger partial charge in [0.15, 0.2) is 0 Å². The van der Waals surface area contributed by atoms with Gasteiger partial charge in [-0.2, -0.15) is 5.10 Å². The minimum atomic E-state index is -1.11. The van der Waals surface area contributed by atoms with Gasteiger partial charge in [0.25, 0.3) is 5.91 Å². The van der Waals surface area contributed by atoms with Crippen molar-refractivity contribution in [2.45, 2.75) is 38.6 Å². The lowest BCUT2D eigenvalue weighted by molar-refractivity contribution is 0.0580. The van der Waals surface area contributed by atoms with E-state index in [1.807, 2.05) is 0 Å². The quantitative estimate of drug-likeness (QED) is 0.899. The van der Waals surface area contributed by atoms with Gasteiger partial charge in [0.05, 0.1) is 6.20 Å². The molecular formula is C13H19N3O3. The lowest BCUT2D eigenvalue weighted by Crippen LogP contribution is -2.44. The Balaban J connectivity index is 2.33. The van der Waals surface area contributed by atoms with Gasteiger partial charge in [0, 0.05) is 19.6 Å². The number of hydrogen-bond donors (Lipinski definition) is 1. The lowest BCUT2D eigenvalue weighted by Gasteiger charge is -2.35. The number of likely N-dealkylation sites (tertiary alicyclic amines) is 1. The Hall–Kier alpha value is -1.85. The van der Waals surface area contributed by atoms with Gasteiger partial charge in [-0.3, -0.25) is 9.48 Å². The second kappa shape index (κ2) is 5.42. The molecule has 0 unspecified atom stereocenters. The average molecular weight is 265 g/mol. The highest BCUT2D eigenvalue weighted by Crippen LogP contribution is 2.22. The lowest BCUT2D eigenvalue weighted by atomic mass is 9.99. The summed E-state index contributed by atoms with van der Waals surface area (Å²) in [5.41, 5.74) is 0.153. The molecule has 0 aromatic carbocycles. The SMILES string of the molecule is CC[C@@H]1CCCCN1C(=O)c1c(C(=O)O)cnn1C. The van der Waals surface area contributed by atoms with Gasteiger partial charge >= 0.3 is 5.97 Å². The van der Waals surface area contributed by atoms with Crippen LogP contribution in [0.5, 0.6) is 0 Å². The van der Waals surface area contributed by atoms with E-state index in [1.165, 1.54) is 10.9 Å². The van der Waals surface area contributed by atoms with Gasteiger partial charge in [-0.1, -0.05) is 6.92 Å². The molecule has 0 saturated carbocycles. The molecule has 1 aliphatic rings. The van der Waals surface area contributed by atoms with Gasteiger partial charge in [0.2, 0.25) is 0 Å². The summed E-state index contributed by atoms with van der Waals surface area (Å²) in [4.78, 5) is 25.5. The second-order valence-corrected chi connectivity index (χ2v) is 4.89. The zero-order chi connectivity index (χ0) is 14.0. The van der Waals surface area contributed by atoms with E-state index < -0.39 is 5.97 Å². The molecule has 2 heterocycles. The first-order valence-electron chi connectivity index (χ1n) is 6.62. The fourth-order valence-corrected chi connectivity index (χ4v) is 2.68. The average Bonchev–Trinajstić information content (AvgIpc) is 2.80. The number of rotatable bonds is 3. The van der Waals surface area contributed by atoms with E-state index >= 15 is 0 Å². The Bertz CT molecular complexity index is 495. The van der Waals surface area contributed by atoms with Gasteiger partial charge < -0.3 is 10.0 Å². The van der Waals surface area contributed by atoms with Crippen molar-refractivity contribution in [2.24, 2.45) is 7.05 Å². The Morgan fingerprint density at radius 3 is 2.84 bits per heavy atom. The Kier molecular flexibility index (Phi) is 3.87. The maximum absolute atomic E-state index is 12.6. The molecule has 6 nitrogen and oxygen atoms in total. The molecule has 1 aliphatic heterocycles.